The second-order valence-electron chi connectivity index (χ2n) is 3.74. The highest BCUT2D eigenvalue weighted by molar-refractivity contribution is 5.20. The third kappa shape index (κ3) is 2.82. The minimum atomic E-state index is 0.0346. The first-order valence-electron chi connectivity index (χ1n) is 5.35. The molecular formula is C10H15N5O2. The minimum Gasteiger partial charge on any atom is -0.406 e. The molecule has 1 atom stereocenters. The Bertz CT molecular complexity index is 479. The maximum atomic E-state index is 5.41. The second kappa shape index (κ2) is 4.96. The molecule has 17 heavy (non-hydrogen) atoms. The average Bonchev–Trinajstić information content (AvgIpc) is 2.94. The van der Waals surface area contributed by atoms with E-state index < -0.39 is 0 Å². The maximum Gasteiger partial charge on any atom is 0.315 e. The van der Waals surface area contributed by atoms with Gasteiger partial charge in [-0.05, 0) is 20.9 Å². The number of nitrogens with one attached hydrogen (secondary N) is 2. The van der Waals surface area contributed by atoms with E-state index in [1.807, 2.05) is 27.0 Å². The normalized spacial score (nSPS) is 12.6. The van der Waals surface area contributed by atoms with Crippen molar-refractivity contribution in [3.8, 4) is 0 Å². The fourth-order valence-electron chi connectivity index (χ4n) is 1.27. The number of rotatable bonds is 5. The van der Waals surface area contributed by atoms with Crippen molar-refractivity contribution in [1.82, 2.24) is 20.7 Å². The number of anilines is 1. The zero-order valence-corrected chi connectivity index (χ0v) is 10.0. The van der Waals surface area contributed by atoms with E-state index in [0.717, 1.165) is 11.5 Å². The molecule has 0 radical (unpaired) electrons. The number of aromatic nitrogens is 3. The summed E-state index contributed by atoms with van der Waals surface area (Å²) in [5.74, 6) is 1.32. The Kier molecular flexibility index (Phi) is 3.38. The summed E-state index contributed by atoms with van der Waals surface area (Å²) in [5.41, 5.74) is 0.795. The topological polar surface area (TPSA) is 89.0 Å². The summed E-state index contributed by atoms with van der Waals surface area (Å²) in [6.07, 6.45) is 0. The molecular weight excluding hydrogens is 222 g/mol. The summed E-state index contributed by atoms with van der Waals surface area (Å²) in [4.78, 5) is 0. The maximum absolute atomic E-state index is 5.41. The van der Waals surface area contributed by atoms with Crippen LogP contribution in [0.5, 0.6) is 0 Å². The largest absolute Gasteiger partial charge is 0.406 e. The molecule has 2 N–H and O–H groups in total. The van der Waals surface area contributed by atoms with Crippen LogP contribution in [0.1, 0.15) is 30.3 Å². The molecule has 2 aromatic rings. The second-order valence-corrected chi connectivity index (χ2v) is 3.74. The fraction of sp³-hybridized carbons (Fsp3) is 0.500. The summed E-state index contributed by atoms with van der Waals surface area (Å²) in [6, 6.07) is 2.26. The van der Waals surface area contributed by atoms with Crippen LogP contribution in [0, 0.1) is 6.92 Å². The van der Waals surface area contributed by atoms with Crippen LogP contribution in [0.25, 0.3) is 0 Å². The fourth-order valence-corrected chi connectivity index (χ4v) is 1.27. The molecule has 0 spiro atoms. The molecule has 92 valence electrons. The number of hydrogen-bond acceptors (Lipinski definition) is 7. The first-order chi connectivity index (χ1) is 8.19. The van der Waals surface area contributed by atoms with Gasteiger partial charge in [0.15, 0.2) is 0 Å². The zero-order valence-electron chi connectivity index (χ0n) is 10.0. The number of nitrogens with zero attached hydrogens (tertiary/aromatic N) is 3. The van der Waals surface area contributed by atoms with Gasteiger partial charge < -0.3 is 19.6 Å². The van der Waals surface area contributed by atoms with Crippen molar-refractivity contribution in [2.24, 2.45) is 0 Å². The van der Waals surface area contributed by atoms with Crippen molar-refractivity contribution < 1.29 is 8.94 Å². The van der Waals surface area contributed by atoms with Crippen LogP contribution in [0.3, 0.4) is 0 Å². The van der Waals surface area contributed by atoms with Gasteiger partial charge in [0.25, 0.3) is 0 Å². The summed E-state index contributed by atoms with van der Waals surface area (Å²) in [7, 11) is 1.83. The molecule has 0 aliphatic heterocycles. The van der Waals surface area contributed by atoms with Crippen molar-refractivity contribution >= 4 is 6.01 Å². The quantitative estimate of drug-likeness (QED) is 0.809. The predicted octanol–water partition coefficient (Wildman–Crippen LogP) is 1.26. The number of aryl methyl sites for hydroxylation is 1. The van der Waals surface area contributed by atoms with Crippen molar-refractivity contribution in [1.29, 1.82) is 0 Å². The van der Waals surface area contributed by atoms with Gasteiger partial charge in [-0.25, -0.2) is 0 Å². The lowest BCUT2D eigenvalue weighted by atomic mass is 10.3. The lowest BCUT2D eigenvalue weighted by Gasteiger charge is -2.02. The van der Waals surface area contributed by atoms with Crippen LogP contribution in [0.2, 0.25) is 0 Å². The Morgan fingerprint density at radius 2 is 2.24 bits per heavy atom. The molecule has 0 aliphatic carbocycles. The average molecular weight is 237 g/mol. The monoisotopic (exact) mass is 237 g/mol. The van der Waals surface area contributed by atoms with Gasteiger partial charge in [0, 0.05) is 6.07 Å². The minimum absolute atomic E-state index is 0.0346. The molecule has 7 nitrogen and oxygen atoms in total. The van der Waals surface area contributed by atoms with E-state index in [0.29, 0.717) is 18.5 Å². The van der Waals surface area contributed by atoms with Crippen molar-refractivity contribution in [3.05, 3.63) is 23.4 Å². The zero-order chi connectivity index (χ0) is 12.3. The Morgan fingerprint density at radius 3 is 2.88 bits per heavy atom. The molecule has 0 saturated heterocycles. The van der Waals surface area contributed by atoms with E-state index in [1.165, 1.54) is 0 Å². The van der Waals surface area contributed by atoms with Crippen LogP contribution in [-0.4, -0.2) is 22.4 Å². The van der Waals surface area contributed by atoms with E-state index in [-0.39, 0.29) is 6.04 Å². The summed E-state index contributed by atoms with van der Waals surface area (Å²) in [5, 5.41) is 17.7. The van der Waals surface area contributed by atoms with Crippen molar-refractivity contribution in [2.45, 2.75) is 26.4 Å². The Labute approximate surface area is 98.6 Å². The van der Waals surface area contributed by atoms with Crippen LogP contribution in [0.4, 0.5) is 6.01 Å². The van der Waals surface area contributed by atoms with E-state index in [9.17, 15) is 0 Å². The van der Waals surface area contributed by atoms with Crippen LogP contribution in [0.15, 0.2) is 15.0 Å². The highest BCUT2D eigenvalue weighted by Crippen LogP contribution is 2.13. The van der Waals surface area contributed by atoms with Gasteiger partial charge in [-0.1, -0.05) is 10.3 Å². The molecule has 0 bridgehead atoms. The lowest BCUT2D eigenvalue weighted by Crippen LogP contribution is -2.12. The summed E-state index contributed by atoms with van der Waals surface area (Å²) < 4.78 is 10.4. The molecule has 7 heteroatoms. The number of hydrogen-bond donors (Lipinski definition) is 2. The Balaban J connectivity index is 1.93. The molecule has 1 unspecified atom stereocenters. The van der Waals surface area contributed by atoms with Crippen LogP contribution >= 0.6 is 0 Å². The highest BCUT2D eigenvalue weighted by atomic mass is 16.5. The molecule has 0 saturated carbocycles. The first-order valence-corrected chi connectivity index (χ1v) is 5.35. The van der Waals surface area contributed by atoms with Gasteiger partial charge in [-0.3, -0.25) is 0 Å². The van der Waals surface area contributed by atoms with Crippen molar-refractivity contribution in [2.75, 3.05) is 12.4 Å². The van der Waals surface area contributed by atoms with Gasteiger partial charge in [-0.2, -0.15) is 0 Å². The van der Waals surface area contributed by atoms with Crippen LogP contribution < -0.4 is 10.6 Å². The lowest BCUT2D eigenvalue weighted by molar-refractivity contribution is 0.391. The molecule has 0 fully saturated rings. The summed E-state index contributed by atoms with van der Waals surface area (Å²) >= 11 is 0. The highest BCUT2D eigenvalue weighted by Gasteiger charge is 2.11. The third-order valence-corrected chi connectivity index (χ3v) is 2.34. The van der Waals surface area contributed by atoms with Gasteiger partial charge >= 0.3 is 6.01 Å². The standard InChI is InChI=1S/C10H15N5O2/c1-6-4-8(15-17-6)5-12-10-14-13-9(16-10)7(2)11-3/h4,7,11H,5H2,1-3H3,(H,12,14). The molecule has 0 aromatic carbocycles. The van der Waals surface area contributed by atoms with E-state index in [1.54, 1.807) is 0 Å². The Hall–Kier alpha value is -1.89. The molecule has 2 heterocycles. The predicted molar refractivity (Wildman–Crippen MR) is 60.3 cm³/mol. The van der Waals surface area contributed by atoms with Gasteiger partial charge in [0.2, 0.25) is 5.89 Å². The summed E-state index contributed by atoms with van der Waals surface area (Å²) in [6.45, 7) is 4.28. The third-order valence-electron chi connectivity index (χ3n) is 2.34. The van der Waals surface area contributed by atoms with Gasteiger partial charge in [0.1, 0.15) is 11.5 Å². The van der Waals surface area contributed by atoms with Crippen molar-refractivity contribution in [3.63, 3.8) is 0 Å². The van der Waals surface area contributed by atoms with E-state index in [4.69, 9.17) is 8.94 Å². The van der Waals surface area contributed by atoms with Crippen LogP contribution in [-0.2, 0) is 6.54 Å². The smallest absolute Gasteiger partial charge is 0.315 e. The van der Waals surface area contributed by atoms with Gasteiger partial charge in [-0.15, -0.1) is 5.10 Å². The molecule has 2 aromatic heterocycles. The molecule has 0 amide bonds. The van der Waals surface area contributed by atoms with Gasteiger partial charge in [0.05, 0.1) is 12.6 Å². The van der Waals surface area contributed by atoms with E-state index in [2.05, 4.69) is 26.0 Å². The SMILES string of the molecule is CNC(C)c1nnc(NCc2cc(C)on2)o1. The Morgan fingerprint density at radius 1 is 1.41 bits per heavy atom. The first kappa shape index (κ1) is 11.6. The van der Waals surface area contributed by atoms with E-state index >= 15 is 0 Å². The molecule has 0 aliphatic rings. The molecule has 2 rings (SSSR count).